The first-order valence-electron chi connectivity index (χ1n) is 6.20. The lowest BCUT2D eigenvalue weighted by molar-refractivity contribution is -0.130. The molecular formula is C14H18N2O2. The van der Waals surface area contributed by atoms with Gasteiger partial charge in [0.1, 0.15) is 0 Å². The van der Waals surface area contributed by atoms with Gasteiger partial charge in [0.2, 0.25) is 5.91 Å². The van der Waals surface area contributed by atoms with Gasteiger partial charge >= 0.3 is 0 Å². The Morgan fingerprint density at radius 1 is 1.39 bits per heavy atom. The first-order valence-corrected chi connectivity index (χ1v) is 6.20. The van der Waals surface area contributed by atoms with Crippen LogP contribution in [0.3, 0.4) is 0 Å². The summed E-state index contributed by atoms with van der Waals surface area (Å²) < 4.78 is 0. The van der Waals surface area contributed by atoms with Crippen LogP contribution >= 0.6 is 0 Å². The van der Waals surface area contributed by atoms with Crippen molar-refractivity contribution in [3.8, 4) is 0 Å². The minimum absolute atomic E-state index is 0.00741. The van der Waals surface area contributed by atoms with Gasteiger partial charge in [0.15, 0.2) is 0 Å². The molecule has 2 rings (SSSR count). The van der Waals surface area contributed by atoms with Crippen LogP contribution in [0.5, 0.6) is 0 Å². The number of para-hydroxylation sites is 1. The highest BCUT2D eigenvalue weighted by atomic mass is 16.3. The summed E-state index contributed by atoms with van der Waals surface area (Å²) in [6.07, 6.45) is 2.26. The van der Waals surface area contributed by atoms with Crippen LogP contribution in [-0.2, 0) is 11.2 Å². The van der Waals surface area contributed by atoms with E-state index < -0.39 is 0 Å². The molecule has 0 radical (unpaired) electrons. The van der Waals surface area contributed by atoms with Crippen molar-refractivity contribution >= 4 is 16.8 Å². The Hall–Kier alpha value is -1.81. The summed E-state index contributed by atoms with van der Waals surface area (Å²) in [5.74, 6) is 0.0521. The molecule has 1 heterocycles. The SMILES string of the molecule is CCN(CCO)C(=O)Cc1c[nH]c2ccccc12. The van der Waals surface area contributed by atoms with E-state index in [9.17, 15) is 4.79 Å². The minimum Gasteiger partial charge on any atom is -0.395 e. The lowest BCUT2D eigenvalue weighted by Gasteiger charge is -2.19. The highest BCUT2D eigenvalue weighted by Gasteiger charge is 2.13. The zero-order valence-corrected chi connectivity index (χ0v) is 10.5. The highest BCUT2D eigenvalue weighted by molar-refractivity contribution is 5.88. The smallest absolute Gasteiger partial charge is 0.227 e. The number of aliphatic hydroxyl groups excluding tert-OH is 1. The number of nitrogens with one attached hydrogen (secondary N) is 1. The molecule has 2 N–H and O–H groups in total. The van der Waals surface area contributed by atoms with Crippen molar-refractivity contribution < 1.29 is 9.90 Å². The molecule has 96 valence electrons. The van der Waals surface area contributed by atoms with Crippen LogP contribution in [0.4, 0.5) is 0 Å². The summed E-state index contributed by atoms with van der Waals surface area (Å²) >= 11 is 0. The molecule has 0 saturated carbocycles. The second kappa shape index (κ2) is 5.69. The zero-order chi connectivity index (χ0) is 13.0. The number of aromatic amines is 1. The average Bonchev–Trinajstić information content (AvgIpc) is 2.79. The molecule has 0 spiro atoms. The van der Waals surface area contributed by atoms with Crippen LogP contribution in [0.2, 0.25) is 0 Å². The Balaban J connectivity index is 2.16. The summed E-state index contributed by atoms with van der Waals surface area (Å²) in [7, 11) is 0. The maximum atomic E-state index is 12.1. The van der Waals surface area contributed by atoms with Crippen molar-refractivity contribution in [1.29, 1.82) is 0 Å². The summed E-state index contributed by atoms with van der Waals surface area (Å²) in [6.45, 7) is 2.95. The molecule has 0 saturated heterocycles. The fourth-order valence-corrected chi connectivity index (χ4v) is 2.13. The number of carbonyl (C=O) groups excluding carboxylic acids is 1. The lowest BCUT2D eigenvalue weighted by atomic mass is 10.1. The van der Waals surface area contributed by atoms with Gasteiger partial charge < -0.3 is 15.0 Å². The van der Waals surface area contributed by atoms with Crippen molar-refractivity contribution in [2.75, 3.05) is 19.7 Å². The molecule has 2 aromatic rings. The Morgan fingerprint density at radius 3 is 2.89 bits per heavy atom. The van der Waals surface area contributed by atoms with Crippen LogP contribution in [0.25, 0.3) is 10.9 Å². The number of benzene rings is 1. The fraction of sp³-hybridized carbons (Fsp3) is 0.357. The van der Waals surface area contributed by atoms with E-state index in [4.69, 9.17) is 5.11 Å². The van der Waals surface area contributed by atoms with Crippen molar-refractivity contribution in [3.63, 3.8) is 0 Å². The monoisotopic (exact) mass is 246 g/mol. The molecule has 18 heavy (non-hydrogen) atoms. The number of rotatable bonds is 5. The predicted octanol–water partition coefficient (Wildman–Crippen LogP) is 1.55. The number of aromatic nitrogens is 1. The summed E-state index contributed by atoms with van der Waals surface area (Å²) in [5, 5.41) is 10.0. The summed E-state index contributed by atoms with van der Waals surface area (Å²) in [4.78, 5) is 16.9. The van der Waals surface area contributed by atoms with Crippen molar-refractivity contribution in [2.24, 2.45) is 0 Å². The molecule has 1 amide bonds. The van der Waals surface area contributed by atoms with E-state index in [2.05, 4.69) is 4.98 Å². The fourth-order valence-electron chi connectivity index (χ4n) is 2.13. The molecule has 4 nitrogen and oxygen atoms in total. The number of aliphatic hydroxyl groups is 1. The van der Waals surface area contributed by atoms with Crippen LogP contribution in [0, 0.1) is 0 Å². The van der Waals surface area contributed by atoms with E-state index in [1.54, 1.807) is 4.90 Å². The van der Waals surface area contributed by atoms with E-state index in [0.717, 1.165) is 16.5 Å². The number of hydrogen-bond donors (Lipinski definition) is 2. The van der Waals surface area contributed by atoms with E-state index in [1.807, 2.05) is 37.4 Å². The number of carbonyl (C=O) groups is 1. The number of likely N-dealkylation sites (N-methyl/N-ethyl adjacent to an activating group) is 1. The Kier molecular flexibility index (Phi) is 3.99. The summed E-state index contributed by atoms with van der Waals surface area (Å²) in [6, 6.07) is 7.94. The zero-order valence-electron chi connectivity index (χ0n) is 10.5. The van der Waals surface area contributed by atoms with Crippen molar-refractivity contribution in [3.05, 3.63) is 36.0 Å². The molecule has 0 aliphatic carbocycles. The molecule has 0 unspecified atom stereocenters. The van der Waals surface area contributed by atoms with E-state index >= 15 is 0 Å². The molecule has 0 bridgehead atoms. The number of hydrogen-bond acceptors (Lipinski definition) is 2. The van der Waals surface area contributed by atoms with Crippen LogP contribution < -0.4 is 0 Å². The number of amides is 1. The van der Waals surface area contributed by atoms with E-state index in [-0.39, 0.29) is 12.5 Å². The minimum atomic E-state index is 0.00741. The molecule has 0 atom stereocenters. The van der Waals surface area contributed by atoms with Crippen molar-refractivity contribution in [1.82, 2.24) is 9.88 Å². The van der Waals surface area contributed by atoms with Crippen LogP contribution in [-0.4, -0.2) is 40.6 Å². The van der Waals surface area contributed by atoms with Gasteiger partial charge in [-0.25, -0.2) is 0 Å². The molecule has 0 aliphatic heterocycles. The molecule has 1 aromatic carbocycles. The Labute approximate surface area is 106 Å². The number of nitrogens with zero attached hydrogens (tertiary/aromatic N) is 1. The third-order valence-electron chi connectivity index (χ3n) is 3.12. The topological polar surface area (TPSA) is 56.3 Å². The second-order valence-corrected chi connectivity index (χ2v) is 4.23. The summed E-state index contributed by atoms with van der Waals surface area (Å²) in [5.41, 5.74) is 2.05. The van der Waals surface area contributed by atoms with Crippen LogP contribution in [0.1, 0.15) is 12.5 Å². The second-order valence-electron chi connectivity index (χ2n) is 4.23. The van der Waals surface area contributed by atoms with Gasteiger partial charge in [-0.15, -0.1) is 0 Å². The maximum absolute atomic E-state index is 12.1. The predicted molar refractivity (Wildman–Crippen MR) is 71.3 cm³/mol. The van der Waals surface area contributed by atoms with E-state index in [0.29, 0.717) is 19.5 Å². The van der Waals surface area contributed by atoms with Gasteiger partial charge in [-0.1, -0.05) is 18.2 Å². The number of fused-ring (bicyclic) bond motifs is 1. The highest BCUT2D eigenvalue weighted by Crippen LogP contribution is 2.18. The van der Waals surface area contributed by atoms with Gasteiger partial charge in [0, 0.05) is 30.2 Å². The maximum Gasteiger partial charge on any atom is 0.227 e. The largest absolute Gasteiger partial charge is 0.395 e. The van der Waals surface area contributed by atoms with Gasteiger partial charge in [-0.2, -0.15) is 0 Å². The third kappa shape index (κ3) is 2.54. The van der Waals surface area contributed by atoms with Gasteiger partial charge in [-0.05, 0) is 18.6 Å². The molecule has 4 heteroatoms. The van der Waals surface area contributed by atoms with Gasteiger partial charge in [0.05, 0.1) is 13.0 Å². The molecule has 1 aromatic heterocycles. The lowest BCUT2D eigenvalue weighted by Crippen LogP contribution is -2.34. The average molecular weight is 246 g/mol. The van der Waals surface area contributed by atoms with E-state index in [1.165, 1.54) is 0 Å². The van der Waals surface area contributed by atoms with Crippen molar-refractivity contribution in [2.45, 2.75) is 13.3 Å². The normalized spacial score (nSPS) is 10.8. The van der Waals surface area contributed by atoms with Gasteiger partial charge in [-0.3, -0.25) is 4.79 Å². The van der Waals surface area contributed by atoms with Gasteiger partial charge in [0.25, 0.3) is 0 Å². The van der Waals surface area contributed by atoms with Crippen LogP contribution in [0.15, 0.2) is 30.5 Å². The Bertz CT molecular complexity index is 533. The molecule has 0 aliphatic rings. The third-order valence-corrected chi connectivity index (χ3v) is 3.12. The number of H-pyrrole nitrogens is 1. The quantitative estimate of drug-likeness (QED) is 0.841. The first kappa shape index (κ1) is 12.6. The molecular weight excluding hydrogens is 228 g/mol. The molecule has 0 fully saturated rings. The Morgan fingerprint density at radius 2 is 2.17 bits per heavy atom. The first-order chi connectivity index (χ1) is 8.76. The standard InChI is InChI=1S/C14H18N2O2/c1-2-16(7-8-17)14(18)9-11-10-15-13-6-4-3-5-12(11)13/h3-6,10,15,17H,2,7-9H2,1H3.